The fourth-order valence-corrected chi connectivity index (χ4v) is 6.54. The third-order valence-corrected chi connectivity index (χ3v) is 8.36. The maximum atomic E-state index is 4.83. The lowest BCUT2D eigenvalue weighted by Crippen LogP contribution is -2.27. The van der Waals surface area contributed by atoms with Gasteiger partial charge < -0.3 is 0 Å². The Morgan fingerprint density at radius 3 is 1.89 bits per heavy atom. The van der Waals surface area contributed by atoms with Crippen molar-refractivity contribution < 1.29 is 0 Å². The second-order valence-corrected chi connectivity index (χ2v) is 15.6. The molecule has 1 aromatic heterocycles. The highest BCUT2D eigenvalue weighted by Gasteiger charge is 2.41. The summed E-state index contributed by atoms with van der Waals surface area (Å²) in [6.07, 6.45) is 2.93. The van der Waals surface area contributed by atoms with E-state index >= 15 is 0 Å². The van der Waals surface area contributed by atoms with Crippen molar-refractivity contribution in [3.8, 4) is 11.1 Å². The van der Waals surface area contributed by atoms with Gasteiger partial charge in [-0.05, 0) is 73.2 Å². The van der Waals surface area contributed by atoms with E-state index in [2.05, 4.69) is 132 Å². The van der Waals surface area contributed by atoms with Crippen LogP contribution in [0.1, 0.15) is 129 Å². The largest absolute Gasteiger partial charge is 0.260 e. The van der Waals surface area contributed by atoms with Crippen LogP contribution in [0.5, 0.6) is 0 Å². The van der Waals surface area contributed by atoms with Crippen molar-refractivity contribution >= 4 is 0 Å². The molecular weight excluding hydrogens is 446 g/mol. The predicted octanol–water partition coefficient (Wildman–Crippen LogP) is 9.80. The van der Waals surface area contributed by atoms with Gasteiger partial charge in [0, 0.05) is 22.7 Å². The van der Waals surface area contributed by atoms with Crippen LogP contribution in [0.4, 0.5) is 0 Å². The van der Waals surface area contributed by atoms with Crippen LogP contribution in [0.2, 0.25) is 0 Å². The van der Waals surface area contributed by atoms with Crippen molar-refractivity contribution in [1.82, 2.24) is 4.98 Å². The lowest BCUT2D eigenvalue weighted by Gasteiger charge is -2.33. The van der Waals surface area contributed by atoms with Crippen molar-refractivity contribution in [1.29, 1.82) is 0 Å². The second kappa shape index (κ2) is 8.55. The predicted molar refractivity (Wildman–Crippen MR) is 161 cm³/mol. The van der Waals surface area contributed by atoms with Crippen molar-refractivity contribution in [2.24, 2.45) is 0 Å². The maximum absolute atomic E-state index is 4.83. The first kappa shape index (κ1) is 27.6. The Kier molecular flexibility index (Phi) is 6.38. The fraction of sp³-hybridized carbons (Fsp3) is 0.528. The van der Waals surface area contributed by atoms with Crippen LogP contribution in [0.15, 0.2) is 48.7 Å². The summed E-state index contributed by atoms with van der Waals surface area (Å²) in [7, 11) is 0. The summed E-state index contributed by atoms with van der Waals surface area (Å²) in [5, 5.41) is 0. The number of benzene rings is 2. The normalized spacial score (nSPS) is 15.5. The van der Waals surface area contributed by atoms with Gasteiger partial charge in [-0.25, -0.2) is 0 Å². The lowest BCUT2D eigenvalue weighted by molar-refractivity contribution is 0.480. The van der Waals surface area contributed by atoms with E-state index in [-0.39, 0.29) is 27.1 Å². The first-order valence-corrected chi connectivity index (χ1v) is 14.0. The van der Waals surface area contributed by atoms with Gasteiger partial charge in [0.05, 0.1) is 0 Å². The summed E-state index contributed by atoms with van der Waals surface area (Å²) in [6.45, 7) is 30.5. The number of hydrogen-bond acceptors (Lipinski definition) is 1. The van der Waals surface area contributed by atoms with Gasteiger partial charge in [0.15, 0.2) is 0 Å². The molecule has 198 valence electrons. The van der Waals surface area contributed by atoms with E-state index < -0.39 is 0 Å². The fourth-order valence-electron chi connectivity index (χ4n) is 6.54. The van der Waals surface area contributed by atoms with Gasteiger partial charge in [-0.15, -0.1) is 0 Å². The molecule has 0 saturated heterocycles. The Hall–Kier alpha value is -2.41. The average Bonchev–Trinajstić information content (AvgIpc) is 2.98. The smallest absolute Gasteiger partial charge is 0.0494 e. The van der Waals surface area contributed by atoms with Crippen molar-refractivity contribution in [2.45, 2.75) is 124 Å². The molecular formula is C36H49N. The molecule has 0 amide bonds. The minimum absolute atomic E-state index is 0.0172. The molecule has 0 aliphatic heterocycles. The van der Waals surface area contributed by atoms with Crippen LogP contribution >= 0.6 is 0 Å². The summed E-state index contributed by atoms with van der Waals surface area (Å²) in [5.41, 5.74) is 12.9. The molecule has 2 aromatic carbocycles. The van der Waals surface area contributed by atoms with E-state index in [1.54, 1.807) is 0 Å². The van der Waals surface area contributed by atoms with Crippen molar-refractivity contribution in [3.05, 3.63) is 87.7 Å². The molecule has 0 saturated carbocycles. The molecule has 0 unspecified atom stereocenters. The zero-order valence-corrected chi connectivity index (χ0v) is 25.8. The summed E-state index contributed by atoms with van der Waals surface area (Å²) in [4.78, 5) is 4.83. The van der Waals surface area contributed by atoms with Crippen LogP contribution in [-0.2, 0) is 33.5 Å². The molecule has 0 radical (unpaired) electrons. The number of pyridine rings is 1. The highest BCUT2D eigenvalue weighted by Crippen LogP contribution is 2.54. The molecule has 0 spiro atoms. The molecule has 0 bridgehead atoms. The molecule has 1 heterocycles. The van der Waals surface area contributed by atoms with Gasteiger partial charge in [0.2, 0.25) is 0 Å². The van der Waals surface area contributed by atoms with Crippen LogP contribution in [0, 0.1) is 0 Å². The standard InChI is InChI=1S/C36H49N/c1-32(2,3)26-19-18-25-29(30(26)33(4,5)6)24-17-16-23(21-28(24)36(25,12)13)22-35(10,11)27-15-14-20-37-31(27)34(7,8)9/h14-21H,22H2,1-13H3. The van der Waals surface area contributed by atoms with Crippen molar-refractivity contribution in [3.63, 3.8) is 0 Å². The van der Waals surface area contributed by atoms with Crippen LogP contribution in [0.3, 0.4) is 0 Å². The Bertz CT molecular complexity index is 1330. The monoisotopic (exact) mass is 495 g/mol. The second-order valence-electron chi connectivity index (χ2n) is 15.6. The third kappa shape index (κ3) is 4.80. The molecule has 3 aromatic rings. The summed E-state index contributed by atoms with van der Waals surface area (Å²) >= 11 is 0. The molecule has 37 heavy (non-hydrogen) atoms. The Morgan fingerprint density at radius 2 is 1.32 bits per heavy atom. The number of aromatic nitrogens is 1. The molecule has 0 N–H and O–H groups in total. The number of fused-ring (bicyclic) bond motifs is 3. The lowest BCUT2D eigenvalue weighted by atomic mass is 9.71. The highest BCUT2D eigenvalue weighted by molar-refractivity contribution is 5.85. The first-order valence-electron chi connectivity index (χ1n) is 14.0. The van der Waals surface area contributed by atoms with Gasteiger partial charge in [-0.1, -0.05) is 126 Å². The van der Waals surface area contributed by atoms with E-state index in [0.29, 0.717) is 0 Å². The van der Waals surface area contributed by atoms with Crippen LogP contribution in [0.25, 0.3) is 11.1 Å². The SMILES string of the molecule is CC(C)(C)c1ccc2c(c1C(C)(C)C)-c1ccc(CC(C)(C)c3cccnc3C(C)(C)C)cc1C2(C)C. The summed E-state index contributed by atoms with van der Waals surface area (Å²) in [6, 6.07) is 16.5. The minimum Gasteiger partial charge on any atom is -0.260 e. The van der Waals surface area contributed by atoms with Gasteiger partial charge >= 0.3 is 0 Å². The van der Waals surface area contributed by atoms with Gasteiger partial charge in [-0.2, -0.15) is 0 Å². The molecule has 4 rings (SSSR count). The quantitative estimate of drug-likeness (QED) is 0.352. The molecule has 0 atom stereocenters. The topological polar surface area (TPSA) is 12.9 Å². The number of nitrogens with zero attached hydrogens (tertiary/aromatic N) is 1. The van der Waals surface area contributed by atoms with E-state index in [4.69, 9.17) is 4.98 Å². The van der Waals surface area contributed by atoms with E-state index in [9.17, 15) is 0 Å². The highest BCUT2D eigenvalue weighted by atomic mass is 14.7. The molecule has 1 aliphatic carbocycles. The molecule has 0 fully saturated rings. The summed E-state index contributed by atoms with van der Waals surface area (Å²) < 4.78 is 0. The van der Waals surface area contributed by atoms with Gasteiger partial charge in [-0.3, -0.25) is 4.98 Å². The van der Waals surface area contributed by atoms with Crippen LogP contribution in [-0.4, -0.2) is 4.98 Å². The van der Waals surface area contributed by atoms with Gasteiger partial charge in [0.1, 0.15) is 0 Å². The Balaban J connectivity index is 1.86. The molecule has 1 nitrogen and oxygen atoms in total. The molecule has 1 heteroatoms. The average molecular weight is 496 g/mol. The first-order chi connectivity index (χ1) is 16.8. The molecule has 1 aliphatic rings. The summed E-state index contributed by atoms with van der Waals surface area (Å²) in [5.74, 6) is 0. The maximum Gasteiger partial charge on any atom is 0.0494 e. The number of rotatable bonds is 3. The van der Waals surface area contributed by atoms with Crippen LogP contribution < -0.4 is 0 Å². The van der Waals surface area contributed by atoms with Crippen molar-refractivity contribution in [2.75, 3.05) is 0 Å². The third-order valence-electron chi connectivity index (χ3n) is 8.36. The van der Waals surface area contributed by atoms with E-state index in [0.717, 1.165) is 6.42 Å². The van der Waals surface area contributed by atoms with Gasteiger partial charge in [0.25, 0.3) is 0 Å². The Morgan fingerprint density at radius 1 is 0.676 bits per heavy atom. The zero-order chi connectivity index (χ0) is 27.8. The Labute approximate surface area is 227 Å². The zero-order valence-electron chi connectivity index (χ0n) is 25.8. The minimum atomic E-state index is -0.0217. The number of hydrogen-bond donors (Lipinski definition) is 0. The van der Waals surface area contributed by atoms with E-state index in [1.165, 1.54) is 50.2 Å². The van der Waals surface area contributed by atoms with E-state index in [1.807, 2.05) is 6.20 Å².